The normalized spacial score (nSPS) is 16.2. The number of amides is 1. The molecule has 0 saturated carbocycles. The molecule has 1 aromatic heterocycles. The van der Waals surface area contributed by atoms with Crippen LogP contribution in [0.3, 0.4) is 0 Å². The van der Waals surface area contributed by atoms with Crippen molar-refractivity contribution in [2.75, 3.05) is 13.7 Å². The SMILES string of the molecule is CCOc1ccc(-c2nc(COC(=O)[C@@H]3CCC(=O)N3)cs2)cc1OC. The van der Waals surface area contributed by atoms with Crippen LogP contribution < -0.4 is 14.8 Å². The predicted molar refractivity (Wildman–Crippen MR) is 96.2 cm³/mol. The molecule has 1 aromatic carbocycles. The van der Waals surface area contributed by atoms with E-state index in [-0.39, 0.29) is 12.5 Å². The first kappa shape index (κ1) is 18.2. The van der Waals surface area contributed by atoms with Crippen molar-refractivity contribution in [2.45, 2.75) is 32.4 Å². The maximum Gasteiger partial charge on any atom is 0.329 e. The molecule has 138 valence electrons. The maximum absolute atomic E-state index is 11.9. The second-order valence-electron chi connectivity index (χ2n) is 5.71. The summed E-state index contributed by atoms with van der Waals surface area (Å²) in [6, 6.07) is 5.08. The first-order valence-electron chi connectivity index (χ1n) is 8.32. The van der Waals surface area contributed by atoms with Crippen LogP contribution in [0.15, 0.2) is 23.6 Å². The number of aromatic nitrogens is 1. The van der Waals surface area contributed by atoms with E-state index in [1.165, 1.54) is 11.3 Å². The number of hydrogen-bond acceptors (Lipinski definition) is 7. The van der Waals surface area contributed by atoms with Crippen LogP contribution in [0.25, 0.3) is 10.6 Å². The number of nitrogens with zero attached hydrogens (tertiary/aromatic N) is 1. The quantitative estimate of drug-likeness (QED) is 0.748. The van der Waals surface area contributed by atoms with Crippen molar-refractivity contribution in [3.8, 4) is 22.1 Å². The fourth-order valence-electron chi connectivity index (χ4n) is 2.62. The minimum Gasteiger partial charge on any atom is -0.493 e. The second kappa shape index (κ2) is 8.18. The van der Waals surface area contributed by atoms with Crippen molar-refractivity contribution in [1.29, 1.82) is 0 Å². The van der Waals surface area contributed by atoms with Gasteiger partial charge in [0.05, 0.1) is 19.4 Å². The van der Waals surface area contributed by atoms with Crippen LogP contribution in [0.5, 0.6) is 11.5 Å². The summed E-state index contributed by atoms with van der Waals surface area (Å²) in [6.45, 7) is 2.55. The third-order valence-electron chi connectivity index (χ3n) is 3.90. The molecule has 1 amide bonds. The van der Waals surface area contributed by atoms with Crippen LogP contribution in [-0.2, 0) is 20.9 Å². The molecule has 2 aromatic rings. The summed E-state index contributed by atoms with van der Waals surface area (Å²) in [5.41, 5.74) is 1.56. The summed E-state index contributed by atoms with van der Waals surface area (Å²) in [7, 11) is 1.59. The lowest BCUT2D eigenvalue weighted by atomic mass is 10.2. The first-order valence-corrected chi connectivity index (χ1v) is 9.20. The average molecular weight is 376 g/mol. The van der Waals surface area contributed by atoms with E-state index in [2.05, 4.69) is 10.3 Å². The smallest absolute Gasteiger partial charge is 0.329 e. The number of carbonyl (C=O) groups is 2. The van der Waals surface area contributed by atoms with E-state index in [0.717, 1.165) is 10.6 Å². The Morgan fingerprint density at radius 1 is 1.38 bits per heavy atom. The Kier molecular flexibility index (Phi) is 5.72. The van der Waals surface area contributed by atoms with E-state index < -0.39 is 12.0 Å². The molecule has 1 aliphatic rings. The lowest BCUT2D eigenvalue weighted by Crippen LogP contribution is -2.34. The summed E-state index contributed by atoms with van der Waals surface area (Å²) in [5, 5.41) is 5.24. The third kappa shape index (κ3) is 4.13. The first-order chi connectivity index (χ1) is 12.6. The Balaban J connectivity index is 1.64. The molecule has 2 heterocycles. The van der Waals surface area contributed by atoms with Crippen LogP contribution >= 0.6 is 11.3 Å². The third-order valence-corrected chi connectivity index (χ3v) is 4.84. The molecule has 7 nitrogen and oxygen atoms in total. The van der Waals surface area contributed by atoms with Crippen molar-refractivity contribution in [3.05, 3.63) is 29.3 Å². The lowest BCUT2D eigenvalue weighted by molar-refractivity contribution is -0.147. The molecule has 0 unspecified atom stereocenters. The zero-order valence-corrected chi connectivity index (χ0v) is 15.4. The van der Waals surface area contributed by atoms with Gasteiger partial charge in [-0.2, -0.15) is 0 Å². The van der Waals surface area contributed by atoms with Gasteiger partial charge in [0.1, 0.15) is 17.7 Å². The van der Waals surface area contributed by atoms with Crippen molar-refractivity contribution in [1.82, 2.24) is 10.3 Å². The van der Waals surface area contributed by atoms with Gasteiger partial charge in [-0.25, -0.2) is 9.78 Å². The highest BCUT2D eigenvalue weighted by Crippen LogP contribution is 2.33. The molecule has 1 aliphatic heterocycles. The van der Waals surface area contributed by atoms with Gasteiger partial charge in [-0.15, -0.1) is 11.3 Å². The topological polar surface area (TPSA) is 86.8 Å². The van der Waals surface area contributed by atoms with Crippen LogP contribution in [0.1, 0.15) is 25.5 Å². The standard InChI is InChI=1S/C18H20N2O5S/c1-3-24-14-6-4-11(8-15(14)23-2)17-19-12(10-26-17)9-25-18(22)13-5-7-16(21)20-13/h4,6,8,10,13H,3,5,7,9H2,1-2H3,(H,20,21)/t13-/m0/s1. The molecule has 1 atom stereocenters. The molecular weight excluding hydrogens is 356 g/mol. The van der Waals surface area contributed by atoms with E-state index in [1.54, 1.807) is 7.11 Å². The number of carbonyl (C=O) groups excluding carboxylic acids is 2. The zero-order valence-electron chi connectivity index (χ0n) is 14.6. The zero-order chi connectivity index (χ0) is 18.5. The Morgan fingerprint density at radius 2 is 2.23 bits per heavy atom. The number of rotatable bonds is 7. The summed E-state index contributed by atoms with van der Waals surface area (Å²) in [4.78, 5) is 27.6. The van der Waals surface area contributed by atoms with E-state index in [1.807, 2.05) is 30.5 Å². The molecule has 26 heavy (non-hydrogen) atoms. The van der Waals surface area contributed by atoms with Gasteiger partial charge < -0.3 is 19.5 Å². The van der Waals surface area contributed by atoms with Gasteiger partial charge >= 0.3 is 5.97 Å². The summed E-state index contributed by atoms with van der Waals surface area (Å²) in [5.74, 6) is 0.785. The van der Waals surface area contributed by atoms with Gasteiger partial charge in [0, 0.05) is 17.4 Å². The number of benzene rings is 1. The van der Waals surface area contributed by atoms with E-state index in [4.69, 9.17) is 14.2 Å². The molecule has 3 rings (SSSR count). The van der Waals surface area contributed by atoms with E-state index >= 15 is 0 Å². The van der Waals surface area contributed by atoms with Gasteiger partial charge in [-0.05, 0) is 31.5 Å². The highest BCUT2D eigenvalue weighted by molar-refractivity contribution is 7.13. The van der Waals surface area contributed by atoms with Crippen LogP contribution in [0, 0.1) is 0 Å². The highest BCUT2D eigenvalue weighted by atomic mass is 32.1. The summed E-state index contributed by atoms with van der Waals surface area (Å²) in [6.07, 6.45) is 0.839. The fourth-order valence-corrected chi connectivity index (χ4v) is 3.42. The van der Waals surface area contributed by atoms with E-state index in [0.29, 0.717) is 36.6 Å². The number of methoxy groups -OCH3 is 1. The molecule has 1 saturated heterocycles. The lowest BCUT2D eigenvalue weighted by Gasteiger charge is -2.10. The second-order valence-corrected chi connectivity index (χ2v) is 6.57. The predicted octanol–water partition coefficient (Wildman–Crippen LogP) is 2.54. The fraction of sp³-hybridized carbons (Fsp3) is 0.389. The Morgan fingerprint density at radius 3 is 2.92 bits per heavy atom. The monoisotopic (exact) mass is 376 g/mol. The van der Waals surface area contributed by atoms with Crippen LogP contribution in [-0.4, -0.2) is 36.6 Å². The number of thiazole rings is 1. The molecule has 1 N–H and O–H groups in total. The number of ether oxygens (including phenoxy) is 3. The van der Waals surface area contributed by atoms with Gasteiger partial charge in [0.2, 0.25) is 5.91 Å². The minimum absolute atomic E-state index is 0.0792. The van der Waals surface area contributed by atoms with Crippen molar-refractivity contribution in [2.24, 2.45) is 0 Å². The largest absolute Gasteiger partial charge is 0.493 e. The summed E-state index contributed by atoms with van der Waals surface area (Å²) < 4.78 is 16.1. The summed E-state index contributed by atoms with van der Waals surface area (Å²) >= 11 is 1.46. The number of esters is 1. The molecule has 1 fully saturated rings. The highest BCUT2D eigenvalue weighted by Gasteiger charge is 2.28. The average Bonchev–Trinajstić information content (AvgIpc) is 3.29. The number of hydrogen-bond donors (Lipinski definition) is 1. The molecule has 0 spiro atoms. The Labute approximate surface area is 155 Å². The van der Waals surface area contributed by atoms with E-state index in [9.17, 15) is 9.59 Å². The Hall–Kier alpha value is -2.61. The van der Waals surface area contributed by atoms with Gasteiger partial charge in [0.15, 0.2) is 11.5 Å². The molecule has 0 bridgehead atoms. The molecular formula is C18H20N2O5S. The Bertz CT molecular complexity index is 805. The van der Waals surface area contributed by atoms with Gasteiger partial charge in [-0.3, -0.25) is 4.79 Å². The minimum atomic E-state index is -0.545. The van der Waals surface area contributed by atoms with Crippen molar-refractivity contribution >= 4 is 23.2 Å². The van der Waals surface area contributed by atoms with Crippen molar-refractivity contribution < 1.29 is 23.8 Å². The van der Waals surface area contributed by atoms with Gasteiger partial charge in [0.25, 0.3) is 0 Å². The molecule has 0 radical (unpaired) electrons. The molecule has 0 aliphatic carbocycles. The van der Waals surface area contributed by atoms with Crippen LogP contribution in [0.4, 0.5) is 0 Å². The van der Waals surface area contributed by atoms with Crippen molar-refractivity contribution in [3.63, 3.8) is 0 Å². The molecule has 8 heteroatoms. The van der Waals surface area contributed by atoms with Gasteiger partial charge in [-0.1, -0.05) is 0 Å². The number of nitrogens with one attached hydrogen (secondary N) is 1. The maximum atomic E-state index is 11.9. The van der Waals surface area contributed by atoms with Crippen LogP contribution in [0.2, 0.25) is 0 Å².